The summed E-state index contributed by atoms with van der Waals surface area (Å²) in [6.07, 6.45) is 0.995. The first-order chi connectivity index (χ1) is 13.9. The summed E-state index contributed by atoms with van der Waals surface area (Å²) in [5.74, 6) is 0.478. The van der Waals surface area contributed by atoms with Crippen LogP contribution in [0.1, 0.15) is 28.8 Å². The molecule has 0 aliphatic rings. The van der Waals surface area contributed by atoms with E-state index in [9.17, 15) is 0 Å². The number of benzene rings is 2. The summed E-state index contributed by atoms with van der Waals surface area (Å²) in [4.78, 5) is 3.55. The molecule has 3 aromatic rings. The summed E-state index contributed by atoms with van der Waals surface area (Å²) in [5.41, 5.74) is 4.75. The fourth-order valence-corrected chi connectivity index (χ4v) is 4.33. The summed E-state index contributed by atoms with van der Waals surface area (Å²) in [7, 11) is 4.12. The maximum Gasteiger partial charge on any atom is 0.0720 e. The van der Waals surface area contributed by atoms with Gasteiger partial charge in [-0.1, -0.05) is 54.4 Å². The quantitative estimate of drug-likeness (QED) is 0.323. The van der Waals surface area contributed by atoms with Crippen LogP contribution in [0.5, 0.6) is 0 Å². The normalized spacial score (nSPS) is 12.5. The van der Waals surface area contributed by atoms with Crippen molar-refractivity contribution in [1.29, 1.82) is 0 Å². The predicted octanol–water partition coefficient (Wildman–Crippen LogP) is 7.15. The van der Waals surface area contributed by atoms with E-state index in [0.717, 1.165) is 24.1 Å². The molecular weight excluding hydrogens is 421 g/mol. The topological polar surface area (TPSA) is 12.5 Å². The number of hydrogen-bond donors (Lipinski definition) is 0. The maximum absolute atomic E-state index is 6.23. The minimum Gasteiger partial charge on any atom is -0.375 e. The Hall–Kier alpha value is -1.36. The standard InChI is InChI=1S/C24H27Cl2NOS/c1-17(24-5-4-12-29-24)13-18-6-7-19(20-8-9-22(25)23(26)15-20)14-21(18)16-28-11-10-27(2)3/h4-9,12,14-15,17H,10-11,13,16H2,1-3H3. The molecule has 0 aliphatic heterocycles. The number of rotatable bonds is 9. The zero-order valence-electron chi connectivity index (χ0n) is 17.1. The molecule has 0 N–H and O–H groups in total. The van der Waals surface area contributed by atoms with E-state index in [-0.39, 0.29) is 0 Å². The highest BCUT2D eigenvalue weighted by Crippen LogP contribution is 2.32. The Labute approximate surface area is 188 Å². The molecule has 5 heteroatoms. The molecule has 1 atom stereocenters. The van der Waals surface area contributed by atoms with Crippen LogP contribution in [-0.4, -0.2) is 32.1 Å². The summed E-state index contributed by atoms with van der Waals surface area (Å²) in [6.45, 7) is 4.52. The van der Waals surface area contributed by atoms with E-state index in [0.29, 0.717) is 29.2 Å². The lowest BCUT2D eigenvalue weighted by Crippen LogP contribution is -2.18. The first-order valence-corrected chi connectivity index (χ1v) is 11.4. The molecule has 1 heterocycles. The van der Waals surface area contributed by atoms with Crippen molar-refractivity contribution in [3.05, 3.63) is 80.0 Å². The van der Waals surface area contributed by atoms with Gasteiger partial charge in [0.15, 0.2) is 0 Å². The number of thiophene rings is 1. The van der Waals surface area contributed by atoms with E-state index in [2.05, 4.69) is 61.6 Å². The Balaban J connectivity index is 1.84. The molecule has 1 aromatic heterocycles. The van der Waals surface area contributed by atoms with Gasteiger partial charge in [0.2, 0.25) is 0 Å². The summed E-state index contributed by atoms with van der Waals surface area (Å²) in [5, 5.41) is 3.29. The average molecular weight is 448 g/mol. The third kappa shape index (κ3) is 6.31. The number of nitrogens with zero attached hydrogens (tertiary/aromatic N) is 1. The fourth-order valence-electron chi connectivity index (χ4n) is 3.25. The van der Waals surface area contributed by atoms with Gasteiger partial charge in [-0.05, 0) is 78.3 Å². The molecule has 0 bridgehead atoms. The predicted molar refractivity (Wildman–Crippen MR) is 127 cm³/mol. The molecule has 3 rings (SSSR count). The minimum atomic E-state index is 0.478. The van der Waals surface area contributed by atoms with Crippen molar-refractivity contribution >= 4 is 34.5 Å². The minimum absolute atomic E-state index is 0.478. The van der Waals surface area contributed by atoms with Gasteiger partial charge in [0.25, 0.3) is 0 Å². The lowest BCUT2D eigenvalue weighted by molar-refractivity contribution is 0.105. The SMILES string of the molecule is CC(Cc1ccc(-c2ccc(Cl)c(Cl)c2)cc1COCCN(C)C)c1cccs1. The summed E-state index contributed by atoms with van der Waals surface area (Å²) in [6, 6.07) is 16.7. The van der Waals surface area contributed by atoms with Crippen molar-refractivity contribution in [3.63, 3.8) is 0 Å². The van der Waals surface area contributed by atoms with Crippen LogP contribution in [0.3, 0.4) is 0 Å². The van der Waals surface area contributed by atoms with Gasteiger partial charge in [-0.25, -0.2) is 0 Å². The zero-order valence-corrected chi connectivity index (χ0v) is 19.4. The van der Waals surface area contributed by atoms with Crippen LogP contribution in [0.2, 0.25) is 10.0 Å². The molecule has 0 saturated heterocycles. The fraction of sp³-hybridized carbons (Fsp3) is 0.333. The van der Waals surface area contributed by atoms with E-state index in [1.807, 2.05) is 29.5 Å². The van der Waals surface area contributed by atoms with Crippen LogP contribution in [0.15, 0.2) is 53.9 Å². The monoisotopic (exact) mass is 447 g/mol. The van der Waals surface area contributed by atoms with Crippen molar-refractivity contribution in [3.8, 4) is 11.1 Å². The summed E-state index contributed by atoms with van der Waals surface area (Å²) >= 11 is 14.1. The van der Waals surface area contributed by atoms with Crippen molar-refractivity contribution in [2.45, 2.75) is 25.9 Å². The van der Waals surface area contributed by atoms with Crippen LogP contribution in [0, 0.1) is 0 Å². The van der Waals surface area contributed by atoms with Crippen molar-refractivity contribution in [2.75, 3.05) is 27.2 Å². The highest BCUT2D eigenvalue weighted by atomic mass is 35.5. The molecule has 2 nitrogen and oxygen atoms in total. The molecule has 0 saturated carbocycles. The van der Waals surface area contributed by atoms with Crippen LogP contribution >= 0.6 is 34.5 Å². The van der Waals surface area contributed by atoms with Gasteiger partial charge in [0.05, 0.1) is 23.3 Å². The second kappa shape index (κ2) is 10.6. The van der Waals surface area contributed by atoms with Crippen molar-refractivity contribution < 1.29 is 4.74 Å². The van der Waals surface area contributed by atoms with Gasteiger partial charge in [-0.3, -0.25) is 0 Å². The lowest BCUT2D eigenvalue weighted by Gasteiger charge is -2.17. The van der Waals surface area contributed by atoms with Gasteiger partial charge in [0.1, 0.15) is 0 Å². The number of halogens is 2. The smallest absolute Gasteiger partial charge is 0.0720 e. The van der Waals surface area contributed by atoms with Crippen molar-refractivity contribution in [1.82, 2.24) is 4.90 Å². The Morgan fingerprint density at radius 1 is 0.966 bits per heavy atom. The van der Waals surface area contributed by atoms with E-state index in [1.165, 1.54) is 16.0 Å². The van der Waals surface area contributed by atoms with Gasteiger partial charge in [-0.15, -0.1) is 11.3 Å². The average Bonchev–Trinajstić information content (AvgIpc) is 3.23. The maximum atomic E-state index is 6.23. The van der Waals surface area contributed by atoms with Crippen LogP contribution in [0.25, 0.3) is 11.1 Å². The summed E-state index contributed by atoms with van der Waals surface area (Å²) < 4.78 is 5.99. The molecule has 29 heavy (non-hydrogen) atoms. The first-order valence-electron chi connectivity index (χ1n) is 9.77. The van der Waals surface area contributed by atoms with E-state index >= 15 is 0 Å². The van der Waals surface area contributed by atoms with E-state index in [1.54, 1.807) is 0 Å². The largest absolute Gasteiger partial charge is 0.375 e. The molecular formula is C24H27Cl2NOS. The number of hydrogen-bond acceptors (Lipinski definition) is 3. The Morgan fingerprint density at radius 2 is 1.72 bits per heavy atom. The van der Waals surface area contributed by atoms with E-state index < -0.39 is 0 Å². The van der Waals surface area contributed by atoms with Gasteiger partial charge in [0, 0.05) is 11.4 Å². The molecule has 0 amide bonds. The third-order valence-electron chi connectivity index (χ3n) is 4.95. The van der Waals surface area contributed by atoms with Crippen molar-refractivity contribution in [2.24, 2.45) is 0 Å². The molecule has 1 unspecified atom stereocenters. The van der Waals surface area contributed by atoms with Crippen LogP contribution in [-0.2, 0) is 17.8 Å². The Morgan fingerprint density at radius 3 is 2.41 bits per heavy atom. The van der Waals surface area contributed by atoms with E-state index in [4.69, 9.17) is 27.9 Å². The molecule has 0 spiro atoms. The molecule has 2 aromatic carbocycles. The number of ether oxygens (including phenoxy) is 1. The number of likely N-dealkylation sites (N-methyl/N-ethyl adjacent to an activating group) is 1. The molecule has 0 aliphatic carbocycles. The lowest BCUT2D eigenvalue weighted by atomic mass is 9.93. The van der Waals surface area contributed by atoms with Crippen LogP contribution in [0.4, 0.5) is 0 Å². The Kier molecular flexibility index (Phi) is 8.16. The highest BCUT2D eigenvalue weighted by molar-refractivity contribution is 7.10. The first kappa shape index (κ1) is 22.3. The van der Waals surface area contributed by atoms with Gasteiger partial charge >= 0.3 is 0 Å². The zero-order chi connectivity index (χ0) is 20.8. The highest BCUT2D eigenvalue weighted by Gasteiger charge is 2.13. The third-order valence-corrected chi connectivity index (χ3v) is 6.80. The molecule has 154 valence electrons. The second-order valence-corrected chi connectivity index (χ2v) is 9.38. The van der Waals surface area contributed by atoms with Gasteiger partial charge in [-0.2, -0.15) is 0 Å². The second-order valence-electron chi connectivity index (χ2n) is 7.59. The van der Waals surface area contributed by atoms with Gasteiger partial charge < -0.3 is 9.64 Å². The van der Waals surface area contributed by atoms with Crippen LogP contribution < -0.4 is 0 Å². The Bertz CT molecular complexity index is 925. The molecule has 0 radical (unpaired) electrons. The molecule has 0 fully saturated rings.